The number of hydrogen-bond acceptors (Lipinski definition) is 3. The summed E-state index contributed by atoms with van der Waals surface area (Å²) in [7, 11) is 1.51. The normalized spacial score (nSPS) is 10.2. The summed E-state index contributed by atoms with van der Waals surface area (Å²) in [6, 6.07) is 4.17. The highest BCUT2D eigenvalue weighted by Gasteiger charge is 2.21. The van der Waals surface area contributed by atoms with Crippen LogP contribution >= 0.6 is 0 Å². The van der Waals surface area contributed by atoms with Crippen LogP contribution in [0, 0.1) is 11.6 Å². The molecule has 130 valence electrons. The molecular formula is C17H15F2N3O3. The van der Waals surface area contributed by atoms with Gasteiger partial charge in [-0.15, -0.1) is 6.58 Å². The molecule has 25 heavy (non-hydrogen) atoms. The van der Waals surface area contributed by atoms with Gasteiger partial charge in [0.25, 0.3) is 17.6 Å². The number of hydrogen-bond donors (Lipinski definition) is 2. The molecular weight excluding hydrogens is 332 g/mol. The van der Waals surface area contributed by atoms with Crippen molar-refractivity contribution in [2.45, 2.75) is 0 Å². The van der Waals surface area contributed by atoms with E-state index in [4.69, 9.17) is 0 Å². The summed E-state index contributed by atoms with van der Waals surface area (Å²) in [5, 5.41) is 4.74. The van der Waals surface area contributed by atoms with Gasteiger partial charge in [0.2, 0.25) is 0 Å². The second kappa shape index (κ2) is 7.52. The van der Waals surface area contributed by atoms with Gasteiger partial charge in [-0.1, -0.05) is 6.08 Å². The summed E-state index contributed by atoms with van der Waals surface area (Å²) in [5.74, 6) is -4.39. The third kappa shape index (κ3) is 4.17. The highest BCUT2D eigenvalue weighted by atomic mass is 19.2. The van der Waals surface area contributed by atoms with Crippen molar-refractivity contribution in [3.8, 4) is 0 Å². The van der Waals surface area contributed by atoms with E-state index in [1.807, 2.05) is 0 Å². The molecule has 1 aromatic carbocycles. The van der Waals surface area contributed by atoms with Gasteiger partial charge in [0.15, 0.2) is 11.6 Å². The smallest absolute Gasteiger partial charge is 0.292 e. The minimum absolute atomic E-state index is 0.0273. The minimum Gasteiger partial charge on any atom is -0.346 e. The molecule has 0 unspecified atom stereocenters. The highest BCUT2D eigenvalue weighted by molar-refractivity contribution is 6.43. The second-order valence-electron chi connectivity index (χ2n) is 5.14. The van der Waals surface area contributed by atoms with Crippen LogP contribution in [0.4, 0.5) is 14.5 Å². The van der Waals surface area contributed by atoms with Gasteiger partial charge in [0.1, 0.15) is 5.69 Å². The molecule has 8 heteroatoms. The lowest BCUT2D eigenvalue weighted by Gasteiger charge is -2.06. The molecule has 0 aliphatic carbocycles. The number of amides is 2. The van der Waals surface area contributed by atoms with Crippen LogP contribution in [-0.2, 0) is 11.8 Å². The summed E-state index contributed by atoms with van der Waals surface area (Å²) in [4.78, 5) is 35.9. The molecule has 2 amide bonds. The highest BCUT2D eigenvalue weighted by Crippen LogP contribution is 2.15. The number of ketones is 1. The van der Waals surface area contributed by atoms with Crippen LogP contribution in [0.15, 0.2) is 43.1 Å². The lowest BCUT2D eigenvalue weighted by molar-refractivity contribution is -0.116. The largest absolute Gasteiger partial charge is 0.346 e. The number of benzene rings is 1. The Balaban J connectivity index is 2.16. The zero-order chi connectivity index (χ0) is 18.6. The molecule has 0 spiro atoms. The first-order valence-corrected chi connectivity index (χ1v) is 7.19. The number of rotatable bonds is 6. The zero-order valence-electron chi connectivity index (χ0n) is 13.3. The van der Waals surface area contributed by atoms with E-state index in [0.29, 0.717) is 0 Å². The quantitative estimate of drug-likeness (QED) is 0.477. The Morgan fingerprint density at radius 3 is 2.56 bits per heavy atom. The Morgan fingerprint density at radius 1 is 1.20 bits per heavy atom. The fourth-order valence-electron chi connectivity index (χ4n) is 2.06. The third-order valence-electron chi connectivity index (χ3n) is 3.29. The topological polar surface area (TPSA) is 80.2 Å². The summed E-state index contributed by atoms with van der Waals surface area (Å²) in [5.41, 5.74) is 0.158. The molecule has 2 N–H and O–H groups in total. The van der Waals surface area contributed by atoms with E-state index in [0.717, 1.165) is 12.1 Å². The third-order valence-corrected chi connectivity index (χ3v) is 3.29. The summed E-state index contributed by atoms with van der Waals surface area (Å²) >= 11 is 0. The minimum atomic E-state index is -1.10. The van der Waals surface area contributed by atoms with Crippen LogP contribution in [-0.4, -0.2) is 28.7 Å². The second-order valence-corrected chi connectivity index (χ2v) is 5.14. The van der Waals surface area contributed by atoms with Crippen molar-refractivity contribution in [1.29, 1.82) is 0 Å². The van der Waals surface area contributed by atoms with Gasteiger partial charge >= 0.3 is 0 Å². The van der Waals surface area contributed by atoms with E-state index in [-0.39, 0.29) is 23.5 Å². The number of anilines is 1. The van der Waals surface area contributed by atoms with Crippen molar-refractivity contribution >= 4 is 23.3 Å². The molecule has 2 rings (SSSR count). The Morgan fingerprint density at radius 2 is 1.92 bits per heavy atom. The molecule has 0 bridgehead atoms. The number of Topliss-reactive ketones (excluding diaryl/α,β-unsaturated/α-hetero) is 1. The Bertz CT molecular complexity index is 859. The van der Waals surface area contributed by atoms with Gasteiger partial charge in [-0.25, -0.2) is 8.78 Å². The number of carbonyl (C=O) groups is 3. The maximum absolute atomic E-state index is 13.2. The van der Waals surface area contributed by atoms with Crippen LogP contribution in [0.5, 0.6) is 0 Å². The van der Waals surface area contributed by atoms with Crippen molar-refractivity contribution in [2.24, 2.45) is 7.05 Å². The molecule has 0 aliphatic rings. The van der Waals surface area contributed by atoms with Gasteiger partial charge in [-0.3, -0.25) is 14.4 Å². The standard InChI is InChI=1S/C17H15F2N3O3/c1-3-6-20-17(25)15(23)10-7-14(22(2)9-10)16(24)21-11-4-5-12(18)13(19)8-11/h3-5,7-9H,1,6H2,2H3,(H,20,25)(H,21,24). The van der Waals surface area contributed by atoms with Crippen molar-refractivity contribution < 1.29 is 23.2 Å². The van der Waals surface area contributed by atoms with E-state index in [1.54, 1.807) is 0 Å². The number of halogens is 2. The average molecular weight is 347 g/mol. The maximum Gasteiger partial charge on any atom is 0.292 e. The summed E-state index contributed by atoms with van der Waals surface area (Å²) in [6.45, 7) is 3.56. The van der Waals surface area contributed by atoms with Gasteiger partial charge in [-0.2, -0.15) is 0 Å². The van der Waals surface area contributed by atoms with E-state index in [1.165, 1.54) is 36.0 Å². The number of nitrogens with one attached hydrogen (secondary N) is 2. The SMILES string of the molecule is C=CCNC(=O)C(=O)c1cc(C(=O)Nc2ccc(F)c(F)c2)n(C)c1. The predicted octanol–water partition coefficient (Wildman–Crippen LogP) is 2.04. The molecule has 1 heterocycles. The Hall–Kier alpha value is -3.29. The average Bonchev–Trinajstić information content (AvgIpc) is 2.97. The van der Waals surface area contributed by atoms with Crippen LogP contribution in [0.1, 0.15) is 20.8 Å². The van der Waals surface area contributed by atoms with E-state index < -0.39 is 29.2 Å². The summed E-state index contributed by atoms with van der Waals surface area (Å²) < 4.78 is 27.4. The fourth-order valence-corrected chi connectivity index (χ4v) is 2.06. The first-order chi connectivity index (χ1) is 11.8. The molecule has 2 aromatic rings. The number of carbonyl (C=O) groups excluding carboxylic acids is 3. The molecule has 0 saturated carbocycles. The number of aromatic nitrogens is 1. The van der Waals surface area contributed by atoms with Crippen LogP contribution in [0.25, 0.3) is 0 Å². The van der Waals surface area contributed by atoms with Crippen LogP contribution < -0.4 is 10.6 Å². The van der Waals surface area contributed by atoms with Crippen molar-refractivity contribution in [1.82, 2.24) is 9.88 Å². The first-order valence-electron chi connectivity index (χ1n) is 7.19. The van der Waals surface area contributed by atoms with Gasteiger partial charge < -0.3 is 15.2 Å². The molecule has 0 radical (unpaired) electrons. The fraction of sp³-hybridized carbons (Fsp3) is 0.118. The summed E-state index contributed by atoms with van der Waals surface area (Å²) in [6.07, 6.45) is 2.76. The van der Waals surface area contributed by atoms with E-state index in [2.05, 4.69) is 17.2 Å². The first kappa shape index (κ1) is 18.1. The van der Waals surface area contributed by atoms with E-state index >= 15 is 0 Å². The van der Waals surface area contributed by atoms with Crippen LogP contribution in [0.2, 0.25) is 0 Å². The molecule has 0 saturated heterocycles. The Kier molecular flexibility index (Phi) is 5.43. The number of nitrogens with zero attached hydrogens (tertiary/aromatic N) is 1. The molecule has 0 aliphatic heterocycles. The molecule has 0 atom stereocenters. The van der Waals surface area contributed by atoms with Crippen molar-refractivity contribution in [3.05, 3.63) is 66.0 Å². The van der Waals surface area contributed by atoms with Crippen LogP contribution in [0.3, 0.4) is 0 Å². The van der Waals surface area contributed by atoms with Crippen molar-refractivity contribution in [3.63, 3.8) is 0 Å². The lowest BCUT2D eigenvalue weighted by atomic mass is 10.2. The monoisotopic (exact) mass is 347 g/mol. The van der Waals surface area contributed by atoms with Gasteiger partial charge in [0.05, 0.1) is 0 Å². The van der Waals surface area contributed by atoms with E-state index in [9.17, 15) is 23.2 Å². The number of aryl methyl sites for hydroxylation is 1. The van der Waals surface area contributed by atoms with Gasteiger partial charge in [0, 0.05) is 37.1 Å². The molecule has 6 nitrogen and oxygen atoms in total. The van der Waals surface area contributed by atoms with Gasteiger partial charge in [-0.05, 0) is 18.2 Å². The predicted molar refractivity (Wildman–Crippen MR) is 87.3 cm³/mol. The van der Waals surface area contributed by atoms with Crippen molar-refractivity contribution in [2.75, 3.05) is 11.9 Å². The lowest BCUT2D eigenvalue weighted by Crippen LogP contribution is -2.30. The molecule has 1 aromatic heterocycles. The zero-order valence-corrected chi connectivity index (χ0v) is 13.3. The maximum atomic E-state index is 13.2. The Labute approximate surface area is 142 Å². The molecule has 0 fully saturated rings.